The van der Waals surface area contributed by atoms with Gasteiger partial charge in [0.15, 0.2) is 0 Å². The number of rotatable bonds is 2. The van der Waals surface area contributed by atoms with E-state index < -0.39 is 5.54 Å². The molecule has 16 heavy (non-hydrogen) atoms. The molecular formula is C11H21N3O2. The lowest BCUT2D eigenvalue weighted by Gasteiger charge is -2.42. The third-order valence-corrected chi connectivity index (χ3v) is 3.11. The number of nitrogens with one attached hydrogen (secondary N) is 1. The molecule has 92 valence electrons. The van der Waals surface area contributed by atoms with Gasteiger partial charge in [0, 0.05) is 27.1 Å². The van der Waals surface area contributed by atoms with Crippen LogP contribution in [0.25, 0.3) is 0 Å². The lowest BCUT2D eigenvalue weighted by Crippen LogP contribution is -2.61. The van der Waals surface area contributed by atoms with Crippen LogP contribution in [-0.2, 0) is 4.79 Å². The Kier molecular flexibility index (Phi) is 4.29. The second-order valence-corrected chi connectivity index (χ2v) is 4.42. The number of aliphatic hydroxyl groups excluding tert-OH is 1. The van der Waals surface area contributed by atoms with Gasteiger partial charge in [-0.05, 0) is 19.8 Å². The zero-order valence-electron chi connectivity index (χ0n) is 10.3. The maximum atomic E-state index is 11.3. The first-order valence-electron chi connectivity index (χ1n) is 5.61. The predicted octanol–water partition coefficient (Wildman–Crippen LogP) is -0.00240. The van der Waals surface area contributed by atoms with Crippen molar-refractivity contribution in [2.24, 2.45) is 4.99 Å². The van der Waals surface area contributed by atoms with Crippen LogP contribution in [-0.4, -0.2) is 54.0 Å². The summed E-state index contributed by atoms with van der Waals surface area (Å²) in [6.45, 7) is 4.77. The molecule has 2 N–H and O–H groups in total. The minimum Gasteiger partial charge on any atom is -0.394 e. The maximum absolute atomic E-state index is 11.3. The molecule has 0 bridgehead atoms. The lowest BCUT2D eigenvalue weighted by molar-refractivity contribution is -0.131. The van der Waals surface area contributed by atoms with Gasteiger partial charge < -0.3 is 15.3 Å². The van der Waals surface area contributed by atoms with Crippen LogP contribution in [0.2, 0.25) is 0 Å². The van der Waals surface area contributed by atoms with Crippen LogP contribution in [0.5, 0.6) is 0 Å². The number of amides is 1. The highest BCUT2D eigenvalue weighted by atomic mass is 16.3. The van der Waals surface area contributed by atoms with Gasteiger partial charge in [-0.15, -0.1) is 0 Å². The van der Waals surface area contributed by atoms with Gasteiger partial charge in [0.05, 0.1) is 18.0 Å². The van der Waals surface area contributed by atoms with Crippen molar-refractivity contribution in [1.29, 1.82) is 0 Å². The first-order valence-corrected chi connectivity index (χ1v) is 5.61. The number of hydrogen-bond donors (Lipinski definition) is 2. The van der Waals surface area contributed by atoms with Crippen LogP contribution in [0.4, 0.5) is 0 Å². The van der Waals surface area contributed by atoms with E-state index in [9.17, 15) is 9.90 Å². The van der Waals surface area contributed by atoms with Gasteiger partial charge in [0.25, 0.3) is 0 Å². The van der Waals surface area contributed by atoms with Crippen LogP contribution < -0.4 is 5.32 Å². The Morgan fingerprint density at radius 3 is 2.75 bits per heavy atom. The van der Waals surface area contributed by atoms with Gasteiger partial charge in [-0.1, -0.05) is 0 Å². The first-order chi connectivity index (χ1) is 7.53. The molecule has 1 atom stereocenters. The second-order valence-electron chi connectivity index (χ2n) is 4.42. The zero-order valence-corrected chi connectivity index (χ0v) is 10.3. The maximum Gasteiger partial charge on any atom is 0.219 e. The van der Waals surface area contributed by atoms with E-state index in [0.29, 0.717) is 6.54 Å². The van der Waals surface area contributed by atoms with Crippen LogP contribution in [0, 0.1) is 0 Å². The SMILES string of the molecule is CN=C(C)N[C@]1(CO)CCCN(C(C)=O)C1. The summed E-state index contributed by atoms with van der Waals surface area (Å²) >= 11 is 0. The molecule has 5 heteroatoms. The summed E-state index contributed by atoms with van der Waals surface area (Å²) in [5.74, 6) is 0.852. The molecule has 0 saturated carbocycles. The average molecular weight is 227 g/mol. The van der Waals surface area contributed by atoms with Crippen molar-refractivity contribution < 1.29 is 9.90 Å². The number of piperidine rings is 1. The van der Waals surface area contributed by atoms with E-state index >= 15 is 0 Å². The third-order valence-electron chi connectivity index (χ3n) is 3.11. The van der Waals surface area contributed by atoms with Crippen molar-refractivity contribution in [2.45, 2.75) is 32.2 Å². The summed E-state index contributed by atoms with van der Waals surface area (Å²) in [5, 5.41) is 12.8. The van der Waals surface area contributed by atoms with E-state index in [-0.39, 0.29) is 12.5 Å². The molecule has 5 nitrogen and oxygen atoms in total. The number of carbonyl (C=O) groups excluding carboxylic acids is 1. The van der Waals surface area contributed by atoms with Gasteiger partial charge in [-0.3, -0.25) is 9.79 Å². The number of nitrogens with zero attached hydrogens (tertiary/aromatic N) is 2. The topological polar surface area (TPSA) is 64.9 Å². The number of aliphatic hydroxyl groups is 1. The Hall–Kier alpha value is -1.10. The van der Waals surface area contributed by atoms with E-state index in [1.165, 1.54) is 0 Å². The molecule has 0 spiro atoms. The van der Waals surface area contributed by atoms with Crippen LogP contribution in [0.3, 0.4) is 0 Å². The largest absolute Gasteiger partial charge is 0.394 e. The molecule has 0 unspecified atom stereocenters. The molecule has 1 saturated heterocycles. The van der Waals surface area contributed by atoms with Crippen LogP contribution in [0.15, 0.2) is 4.99 Å². The highest BCUT2D eigenvalue weighted by molar-refractivity contribution is 5.80. The van der Waals surface area contributed by atoms with Crippen LogP contribution >= 0.6 is 0 Å². The minimum absolute atomic E-state index is 0.0175. The molecule has 1 rings (SSSR count). The Bertz CT molecular complexity index is 291. The molecular weight excluding hydrogens is 206 g/mol. The highest BCUT2D eigenvalue weighted by Crippen LogP contribution is 2.21. The summed E-state index contributed by atoms with van der Waals surface area (Å²) < 4.78 is 0. The minimum atomic E-state index is -0.423. The second kappa shape index (κ2) is 5.30. The number of carbonyl (C=O) groups is 1. The van der Waals surface area contributed by atoms with Gasteiger partial charge in [-0.2, -0.15) is 0 Å². The quantitative estimate of drug-likeness (QED) is 0.515. The highest BCUT2D eigenvalue weighted by Gasteiger charge is 2.35. The summed E-state index contributed by atoms with van der Waals surface area (Å²) in [6.07, 6.45) is 1.77. The summed E-state index contributed by atoms with van der Waals surface area (Å²) in [6, 6.07) is 0. The fourth-order valence-electron chi connectivity index (χ4n) is 2.11. The number of amidine groups is 1. The summed E-state index contributed by atoms with van der Waals surface area (Å²) in [4.78, 5) is 17.2. The van der Waals surface area contributed by atoms with Crippen molar-refractivity contribution in [1.82, 2.24) is 10.2 Å². The standard InChI is InChI=1S/C11H21N3O2/c1-9(12-3)13-11(8-15)5-4-6-14(7-11)10(2)16/h15H,4-8H2,1-3H3,(H,12,13)/t11-/m1/s1. The number of hydrogen-bond acceptors (Lipinski definition) is 3. The Morgan fingerprint density at radius 1 is 1.56 bits per heavy atom. The van der Waals surface area contributed by atoms with Crippen molar-refractivity contribution in [3.63, 3.8) is 0 Å². The normalized spacial score (nSPS) is 26.8. The van der Waals surface area contributed by atoms with E-state index in [0.717, 1.165) is 25.2 Å². The monoisotopic (exact) mass is 227 g/mol. The molecule has 1 aliphatic heterocycles. The Morgan fingerprint density at radius 2 is 2.25 bits per heavy atom. The molecule has 0 aliphatic carbocycles. The van der Waals surface area contributed by atoms with Crippen LogP contribution in [0.1, 0.15) is 26.7 Å². The molecule has 0 radical (unpaired) electrons. The zero-order chi connectivity index (χ0) is 12.2. The van der Waals surface area contributed by atoms with E-state index in [2.05, 4.69) is 10.3 Å². The van der Waals surface area contributed by atoms with Crippen molar-refractivity contribution in [3.8, 4) is 0 Å². The van der Waals surface area contributed by atoms with Gasteiger partial charge >= 0.3 is 0 Å². The van der Waals surface area contributed by atoms with Crippen molar-refractivity contribution >= 4 is 11.7 Å². The summed E-state index contributed by atoms with van der Waals surface area (Å²) in [7, 11) is 1.71. The molecule has 0 aromatic rings. The van der Waals surface area contributed by atoms with Gasteiger partial charge in [0.1, 0.15) is 0 Å². The fourth-order valence-corrected chi connectivity index (χ4v) is 2.11. The number of likely N-dealkylation sites (tertiary alicyclic amines) is 1. The molecule has 1 amide bonds. The number of aliphatic imine (C=N–C) groups is 1. The molecule has 0 aromatic heterocycles. The average Bonchev–Trinajstić information content (AvgIpc) is 2.29. The Balaban J connectivity index is 2.75. The van der Waals surface area contributed by atoms with Crippen molar-refractivity contribution in [3.05, 3.63) is 0 Å². The van der Waals surface area contributed by atoms with E-state index in [1.807, 2.05) is 6.92 Å². The summed E-state index contributed by atoms with van der Waals surface area (Å²) in [5.41, 5.74) is -0.423. The van der Waals surface area contributed by atoms with Gasteiger partial charge in [0.2, 0.25) is 5.91 Å². The smallest absolute Gasteiger partial charge is 0.219 e. The lowest BCUT2D eigenvalue weighted by atomic mass is 9.89. The Labute approximate surface area is 96.5 Å². The van der Waals surface area contributed by atoms with E-state index in [4.69, 9.17) is 0 Å². The molecule has 1 heterocycles. The predicted molar refractivity (Wildman–Crippen MR) is 63.5 cm³/mol. The molecule has 0 aromatic carbocycles. The van der Waals surface area contributed by atoms with Crippen molar-refractivity contribution in [2.75, 3.05) is 26.7 Å². The first kappa shape index (κ1) is 13.0. The third kappa shape index (κ3) is 2.95. The fraction of sp³-hybridized carbons (Fsp3) is 0.818. The molecule has 1 aliphatic rings. The molecule has 1 fully saturated rings. The van der Waals surface area contributed by atoms with Gasteiger partial charge in [-0.25, -0.2) is 0 Å². The van der Waals surface area contributed by atoms with E-state index in [1.54, 1.807) is 18.9 Å².